The maximum atomic E-state index is 12.5. The van der Waals surface area contributed by atoms with Crippen molar-refractivity contribution in [2.75, 3.05) is 19.6 Å². The molecular weight excluding hydrogens is 306 g/mol. The molecule has 1 N–H and O–H groups in total. The Morgan fingerprint density at radius 1 is 1.29 bits per heavy atom. The summed E-state index contributed by atoms with van der Waals surface area (Å²) in [7, 11) is 0. The predicted molar refractivity (Wildman–Crippen MR) is 88.2 cm³/mol. The summed E-state index contributed by atoms with van der Waals surface area (Å²) in [5.41, 5.74) is 1.40. The van der Waals surface area contributed by atoms with E-state index in [1.54, 1.807) is 24.3 Å². The fraction of sp³-hybridized carbons (Fsp3) is 0.444. The van der Waals surface area contributed by atoms with Gasteiger partial charge in [-0.2, -0.15) is 4.98 Å². The lowest BCUT2D eigenvalue weighted by Gasteiger charge is -2.44. The molecule has 3 aliphatic heterocycles. The van der Waals surface area contributed by atoms with Crippen molar-refractivity contribution in [2.45, 2.75) is 25.8 Å². The number of nitrogens with zero attached hydrogens (tertiary/aromatic N) is 2. The molecule has 0 aliphatic carbocycles. The number of hydrogen-bond acceptors (Lipinski definition) is 5. The molecule has 5 rings (SSSR count). The number of aryl methyl sites for hydroxylation is 1. The minimum absolute atomic E-state index is 0.0210. The molecule has 4 heterocycles. The summed E-state index contributed by atoms with van der Waals surface area (Å²) in [6.07, 6.45) is 4.11. The van der Waals surface area contributed by atoms with E-state index in [0.717, 1.165) is 12.2 Å². The Balaban J connectivity index is 1.38. The number of amides is 1. The average Bonchev–Trinajstić information content (AvgIpc) is 3.01. The highest BCUT2D eigenvalue weighted by Gasteiger charge is 2.34. The van der Waals surface area contributed by atoms with Gasteiger partial charge in [-0.15, -0.1) is 0 Å². The minimum atomic E-state index is -0.0210. The maximum Gasteiger partial charge on any atom is 0.399 e. The van der Waals surface area contributed by atoms with Gasteiger partial charge in [-0.1, -0.05) is 0 Å². The van der Waals surface area contributed by atoms with Gasteiger partial charge in [-0.25, -0.2) is 0 Å². The van der Waals surface area contributed by atoms with Crippen LogP contribution < -0.4 is 10.1 Å². The number of rotatable bonds is 4. The van der Waals surface area contributed by atoms with Crippen LogP contribution in [0.4, 0.5) is 0 Å². The van der Waals surface area contributed by atoms with Crippen molar-refractivity contribution < 1.29 is 13.9 Å². The van der Waals surface area contributed by atoms with Gasteiger partial charge in [-0.3, -0.25) is 4.79 Å². The minimum Gasteiger partial charge on any atom is -0.417 e. The van der Waals surface area contributed by atoms with Crippen molar-refractivity contribution >= 4 is 5.91 Å². The van der Waals surface area contributed by atoms with Crippen molar-refractivity contribution in [3.05, 3.63) is 41.8 Å². The standard InChI is InChI=1S/C18H21N3O3/c1-12-11-23-18(19-12)24-15-4-2-14(3-5-15)17(22)20-16-10-21-8-6-13(16)7-9-21/h2-5,11,13,16H,6-10H2,1H3,(H,20,22)/t16-/m0/s1. The Morgan fingerprint density at radius 2 is 2.04 bits per heavy atom. The van der Waals surface area contributed by atoms with Crippen LogP contribution in [-0.2, 0) is 0 Å². The van der Waals surface area contributed by atoms with E-state index in [1.807, 2.05) is 6.92 Å². The summed E-state index contributed by atoms with van der Waals surface area (Å²) < 4.78 is 10.7. The molecule has 1 aromatic carbocycles. The summed E-state index contributed by atoms with van der Waals surface area (Å²) in [6, 6.07) is 7.31. The molecule has 1 aromatic heterocycles. The molecule has 0 unspecified atom stereocenters. The number of piperidine rings is 3. The first kappa shape index (κ1) is 15.2. The van der Waals surface area contributed by atoms with Crippen molar-refractivity contribution in [3.63, 3.8) is 0 Å². The second-order valence-electron chi connectivity index (χ2n) is 6.60. The topological polar surface area (TPSA) is 67.6 Å². The third-order valence-corrected chi connectivity index (χ3v) is 4.89. The van der Waals surface area contributed by atoms with Gasteiger partial charge < -0.3 is 19.4 Å². The number of hydrogen-bond donors (Lipinski definition) is 1. The summed E-state index contributed by atoms with van der Waals surface area (Å²) in [6.45, 7) is 5.14. The van der Waals surface area contributed by atoms with E-state index >= 15 is 0 Å². The number of oxazole rings is 1. The van der Waals surface area contributed by atoms with E-state index in [9.17, 15) is 4.79 Å². The normalized spacial score (nSPS) is 25.5. The summed E-state index contributed by atoms with van der Waals surface area (Å²) in [4.78, 5) is 19.0. The molecule has 3 fully saturated rings. The van der Waals surface area contributed by atoms with E-state index in [1.165, 1.54) is 32.2 Å². The van der Waals surface area contributed by atoms with Gasteiger partial charge in [0, 0.05) is 18.2 Å². The Hall–Kier alpha value is -2.34. The Morgan fingerprint density at radius 3 is 2.62 bits per heavy atom. The highest BCUT2D eigenvalue weighted by atomic mass is 16.6. The molecule has 126 valence electrons. The lowest BCUT2D eigenvalue weighted by atomic mass is 9.84. The van der Waals surface area contributed by atoms with Crippen LogP contribution in [0, 0.1) is 12.8 Å². The van der Waals surface area contributed by atoms with Gasteiger partial charge in [0.05, 0.1) is 5.69 Å². The smallest absolute Gasteiger partial charge is 0.399 e. The molecule has 1 amide bonds. The zero-order chi connectivity index (χ0) is 16.5. The first-order chi connectivity index (χ1) is 11.7. The number of carbonyl (C=O) groups excluding carboxylic acids is 1. The third kappa shape index (κ3) is 3.14. The van der Waals surface area contributed by atoms with Crippen molar-refractivity contribution in [1.29, 1.82) is 0 Å². The average molecular weight is 327 g/mol. The molecule has 3 saturated heterocycles. The monoisotopic (exact) mass is 327 g/mol. The van der Waals surface area contributed by atoms with Gasteiger partial charge in [-0.05, 0) is 63.0 Å². The lowest BCUT2D eigenvalue weighted by molar-refractivity contribution is 0.0620. The van der Waals surface area contributed by atoms with E-state index in [0.29, 0.717) is 17.2 Å². The quantitative estimate of drug-likeness (QED) is 0.935. The van der Waals surface area contributed by atoms with Crippen LogP contribution in [0.1, 0.15) is 28.9 Å². The first-order valence-electron chi connectivity index (χ1n) is 8.40. The van der Waals surface area contributed by atoms with E-state index < -0.39 is 0 Å². The van der Waals surface area contributed by atoms with E-state index in [4.69, 9.17) is 9.15 Å². The molecule has 3 aliphatic rings. The second kappa shape index (κ2) is 6.28. The first-order valence-corrected chi connectivity index (χ1v) is 8.40. The number of carbonyl (C=O) groups is 1. The fourth-order valence-electron chi connectivity index (χ4n) is 3.53. The molecule has 0 saturated carbocycles. The Bertz CT molecular complexity index is 717. The number of ether oxygens (including phenoxy) is 1. The molecule has 2 aromatic rings. The molecule has 6 heteroatoms. The largest absolute Gasteiger partial charge is 0.417 e. The Labute approximate surface area is 140 Å². The van der Waals surface area contributed by atoms with Crippen molar-refractivity contribution in [1.82, 2.24) is 15.2 Å². The zero-order valence-corrected chi connectivity index (χ0v) is 13.7. The maximum absolute atomic E-state index is 12.5. The predicted octanol–water partition coefficient (Wildman–Crippen LogP) is 2.60. The molecule has 2 bridgehead atoms. The van der Waals surface area contributed by atoms with Crippen LogP contribution in [0.5, 0.6) is 11.8 Å². The molecule has 24 heavy (non-hydrogen) atoms. The molecular formula is C18H21N3O3. The summed E-state index contributed by atoms with van der Waals surface area (Å²) in [5, 5.41) is 3.19. The van der Waals surface area contributed by atoms with Crippen molar-refractivity contribution in [3.8, 4) is 11.8 Å². The number of fused-ring (bicyclic) bond motifs is 3. The summed E-state index contributed by atoms with van der Waals surface area (Å²) >= 11 is 0. The van der Waals surface area contributed by atoms with Gasteiger partial charge in [0.1, 0.15) is 12.0 Å². The third-order valence-electron chi connectivity index (χ3n) is 4.89. The SMILES string of the molecule is Cc1coc(Oc2ccc(C(=O)N[C@H]3CN4CCC3CC4)cc2)n1. The number of nitrogens with one attached hydrogen (secondary N) is 1. The van der Waals surface area contributed by atoms with Crippen molar-refractivity contribution in [2.24, 2.45) is 5.92 Å². The molecule has 0 spiro atoms. The van der Waals surface area contributed by atoms with Crippen LogP contribution in [0.2, 0.25) is 0 Å². The van der Waals surface area contributed by atoms with Crippen LogP contribution in [-0.4, -0.2) is 41.5 Å². The molecule has 6 nitrogen and oxygen atoms in total. The van der Waals surface area contributed by atoms with Crippen LogP contribution >= 0.6 is 0 Å². The highest BCUT2D eigenvalue weighted by molar-refractivity contribution is 5.94. The fourth-order valence-corrected chi connectivity index (χ4v) is 3.53. The molecule has 0 radical (unpaired) electrons. The van der Waals surface area contributed by atoms with Gasteiger partial charge in [0.2, 0.25) is 0 Å². The van der Waals surface area contributed by atoms with Gasteiger partial charge >= 0.3 is 6.08 Å². The van der Waals surface area contributed by atoms with Gasteiger partial charge in [0.15, 0.2) is 0 Å². The molecule has 1 atom stereocenters. The van der Waals surface area contributed by atoms with E-state index in [2.05, 4.69) is 15.2 Å². The highest BCUT2D eigenvalue weighted by Crippen LogP contribution is 2.28. The van der Waals surface area contributed by atoms with Crippen LogP contribution in [0.15, 0.2) is 34.9 Å². The lowest BCUT2D eigenvalue weighted by Crippen LogP contribution is -2.57. The van der Waals surface area contributed by atoms with Crippen LogP contribution in [0.25, 0.3) is 0 Å². The van der Waals surface area contributed by atoms with Crippen LogP contribution in [0.3, 0.4) is 0 Å². The zero-order valence-electron chi connectivity index (χ0n) is 13.7. The van der Waals surface area contributed by atoms with Gasteiger partial charge in [0.25, 0.3) is 5.91 Å². The summed E-state index contributed by atoms with van der Waals surface area (Å²) in [5.74, 6) is 1.19. The number of aromatic nitrogens is 1. The second-order valence-corrected chi connectivity index (χ2v) is 6.60. The van der Waals surface area contributed by atoms with E-state index in [-0.39, 0.29) is 18.0 Å². The number of benzene rings is 1. The Kier molecular flexibility index (Phi) is 3.98.